The molecule has 226 valence electrons. The van der Waals surface area contributed by atoms with Gasteiger partial charge >= 0.3 is 12.1 Å². The fourth-order valence-corrected chi connectivity index (χ4v) is 5.41. The highest BCUT2D eigenvalue weighted by Gasteiger charge is 2.33. The molecule has 4 rings (SSSR count). The molecule has 1 fully saturated rings. The van der Waals surface area contributed by atoms with Crippen LogP contribution in [0.5, 0.6) is 0 Å². The van der Waals surface area contributed by atoms with Gasteiger partial charge < -0.3 is 15.3 Å². The Bertz CT molecular complexity index is 1530. The lowest BCUT2D eigenvalue weighted by atomic mass is 10.1. The Hall–Kier alpha value is -4.03. The third-order valence-electron chi connectivity index (χ3n) is 6.58. The predicted octanol–water partition coefficient (Wildman–Crippen LogP) is 6.68. The number of aliphatic carboxylic acids is 1. The van der Waals surface area contributed by atoms with Crippen molar-refractivity contribution in [3.63, 3.8) is 0 Å². The van der Waals surface area contributed by atoms with Gasteiger partial charge in [-0.25, -0.2) is 5.43 Å². The van der Waals surface area contributed by atoms with E-state index in [1.807, 2.05) is 6.07 Å². The van der Waals surface area contributed by atoms with E-state index in [4.69, 9.17) is 16.7 Å². The van der Waals surface area contributed by atoms with Crippen molar-refractivity contribution in [3.05, 3.63) is 93.5 Å². The molecular formula is C30H28ClF3N4O4S. The van der Waals surface area contributed by atoms with Crippen LogP contribution < -0.4 is 15.6 Å². The number of carbonyl (C=O) groups excluding carboxylic acids is 2. The molecule has 0 spiro atoms. The molecule has 0 saturated carbocycles. The van der Waals surface area contributed by atoms with Crippen LogP contribution in [0.3, 0.4) is 0 Å². The largest absolute Gasteiger partial charge is 0.481 e. The second-order valence-electron chi connectivity index (χ2n) is 9.75. The van der Waals surface area contributed by atoms with Gasteiger partial charge in [0.2, 0.25) is 0 Å². The Kier molecular flexibility index (Phi) is 10.7. The van der Waals surface area contributed by atoms with Gasteiger partial charge in [0.25, 0.3) is 11.8 Å². The third kappa shape index (κ3) is 8.98. The highest BCUT2D eigenvalue weighted by atomic mass is 35.5. The van der Waals surface area contributed by atoms with Gasteiger partial charge in [0.1, 0.15) is 0 Å². The van der Waals surface area contributed by atoms with Crippen LogP contribution >= 0.6 is 23.4 Å². The minimum Gasteiger partial charge on any atom is -0.481 e. The first-order chi connectivity index (χ1) is 20.5. The molecule has 1 aliphatic rings. The van der Waals surface area contributed by atoms with Crippen molar-refractivity contribution < 1.29 is 32.7 Å². The SMILES string of the molecule is O=C(O)CSCc1cccc(C(=O)Nc2ccc(N3CCCCC3)cc2C(=O)NN=Cc2ccc(Cl)c(C(F)(F)F)c2)c1. The van der Waals surface area contributed by atoms with Gasteiger partial charge in [0.15, 0.2) is 0 Å². The van der Waals surface area contributed by atoms with Crippen molar-refractivity contribution in [1.82, 2.24) is 5.43 Å². The summed E-state index contributed by atoms with van der Waals surface area (Å²) < 4.78 is 39.6. The molecule has 1 heterocycles. The zero-order valence-electron chi connectivity index (χ0n) is 22.8. The van der Waals surface area contributed by atoms with Crippen molar-refractivity contribution in [1.29, 1.82) is 0 Å². The lowest BCUT2D eigenvalue weighted by Crippen LogP contribution is -2.30. The molecule has 3 N–H and O–H groups in total. The standard InChI is InChI=1S/C30H28ClF3N4O4S/c31-25-9-7-19(14-24(25)30(32,33)34)16-35-37-29(42)23-15-22(38-11-2-1-3-12-38)8-10-26(23)36-28(41)21-6-4-5-20(13-21)17-43-18-27(39)40/h4-10,13-16H,1-3,11-12,17-18H2,(H,36,41)(H,37,42)(H,39,40). The number of hydrogen-bond donors (Lipinski definition) is 3. The summed E-state index contributed by atoms with van der Waals surface area (Å²) in [5.41, 5.74) is 3.61. The van der Waals surface area contributed by atoms with E-state index in [9.17, 15) is 27.6 Å². The first-order valence-corrected chi connectivity index (χ1v) is 14.8. The summed E-state index contributed by atoms with van der Waals surface area (Å²) in [7, 11) is 0. The van der Waals surface area contributed by atoms with Crippen LogP contribution in [0.25, 0.3) is 0 Å². The molecule has 1 aliphatic heterocycles. The Morgan fingerprint density at radius 1 is 1.00 bits per heavy atom. The quantitative estimate of drug-likeness (QED) is 0.170. The summed E-state index contributed by atoms with van der Waals surface area (Å²) >= 11 is 6.88. The fourth-order valence-electron chi connectivity index (χ4n) is 4.50. The minimum absolute atomic E-state index is 0.0672. The zero-order valence-corrected chi connectivity index (χ0v) is 24.4. The number of alkyl halides is 3. The average molecular weight is 633 g/mol. The molecule has 3 aromatic carbocycles. The van der Waals surface area contributed by atoms with Crippen molar-refractivity contribution in [2.24, 2.45) is 5.10 Å². The Balaban J connectivity index is 1.55. The molecule has 0 atom stereocenters. The number of nitrogens with zero attached hydrogens (tertiary/aromatic N) is 2. The zero-order chi connectivity index (χ0) is 31.0. The van der Waals surface area contributed by atoms with E-state index in [0.29, 0.717) is 11.3 Å². The second-order valence-corrected chi connectivity index (χ2v) is 11.1. The summed E-state index contributed by atoms with van der Waals surface area (Å²) in [6.45, 7) is 1.63. The molecule has 3 aromatic rings. The molecule has 0 bridgehead atoms. The van der Waals surface area contributed by atoms with Crippen LogP contribution in [0, 0.1) is 0 Å². The lowest BCUT2D eigenvalue weighted by Gasteiger charge is -2.29. The molecule has 1 saturated heterocycles. The molecule has 43 heavy (non-hydrogen) atoms. The van der Waals surface area contributed by atoms with E-state index in [0.717, 1.165) is 62.0 Å². The molecule has 8 nitrogen and oxygen atoms in total. The summed E-state index contributed by atoms with van der Waals surface area (Å²) in [6, 6.07) is 15.1. The number of carboxylic acid groups (broad SMARTS) is 1. The Labute approximate surface area is 255 Å². The topological polar surface area (TPSA) is 111 Å². The highest BCUT2D eigenvalue weighted by Crippen LogP contribution is 2.35. The second kappa shape index (κ2) is 14.4. The minimum atomic E-state index is -4.65. The molecule has 2 amide bonds. The van der Waals surface area contributed by atoms with Crippen molar-refractivity contribution in [2.45, 2.75) is 31.2 Å². The molecular weight excluding hydrogens is 605 g/mol. The number of anilines is 2. The number of halogens is 4. The lowest BCUT2D eigenvalue weighted by molar-refractivity contribution is -0.137. The summed E-state index contributed by atoms with van der Waals surface area (Å²) in [5, 5.41) is 15.0. The number of piperidine rings is 1. The maximum Gasteiger partial charge on any atom is 0.417 e. The molecule has 0 radical (unpaired) electrons. The number of hydrazone groups is 1. The van der Waals surface area contributed by atoms with Crippen molar-refractivity contribution >= 4 is 58.7 Å². The van der Waals surface area contributed by atoms with E-state index in [1.165, 1.54) is 17.8 Å². The van der Waals surface area contributed by atoms with Gasteiger partial charge in [-0.05, 0) is 72.9 Å². The number of rotatable bonds is 10. The van der Waals surface area contributed by atoms with Gasteiger partial charge in [-0.15, -0.1) is 11.8 Å². The molecule has 0 aliphatic carbocycles. The van der Waals surface area contributed by atoms with Gasteiger partial charge in [-0.2, -0.15) is 18.3 Å². The third-order valence-corrected chi connectivity index (χ3v) is 7.89. The van der Waals surface area contributed by atoms with Crippen LogP contribution in [0.4, 0.5) is 24.5 Å². The van der Waals surface area contributed by atoms with E-state index in [-0.39, 0.29) is 22.6 Å². The number of hydrogen-bond acceptors (Lipinski definition) is 6. The number of amides is 2. The Morgan fingerprint density at radius 2 is 1.77 bits per heavy atom. The fraction of sp³-hybridized carbons (Fsp3) is 0.267. The van der Waals surface area contributed by atoms with Crippen LogP contribution in [0.15, 0.2) is 65.8 Å². The average Bonchev–Trinajstić information content (AvgIpc) is 2.98. The van der Waals surface area contributed by atoms with E-state index >= 15 is 0 Å². The van der Waals surface area contributed by atoms with Gasteiger partial charge in [-0.3, -0.25) is 14.4 Å². The smallest absolute Gasteiger partial charge is 0.417 e. The summed E-state index contributed by atoms with van der Waals surface area (Å²) in [5.74, 6) is -1.74. The van der Waals surface area contributed by atoms with Gasteiger partial charge in [0.05, 0.1) is 33.8 Å². The molecule has 13 heteroatoms. The molecule has 0 unspecified atom stereocenters. The van der Waals surface area contributed by atoms with Crippen LogP contribution in [-0.2, 0) is 16.7 Å². The van der Waals surface area contributed by atoms with Crippen LogP contribution in [0.2, 0.25) is 5.02 Å². The number of benzene rings is 3. The summed E-state index contributed by atoms with van der Waals surface area (Å²) in [6.07, 6.45) is -0.451. The van der Waals surface area contributed by atoms with Crippen LogP contribution in [-0.4, -0.2) is 47.9 Å². The van der Waals surface area contributed by atoms with E-state index in [1.54, 1.807) is 36.4 Å². The number of nitrogens with one attached hydrogen (secondary N) is 2. The predicted molar refractivity (Wildman–Crippen MR) is 162 cm³/mol. The maximum absolute atomic E-state index is 13.3. The Morgan fingerprint density at radius 3 is 2.49 bits per heavy atom. The van der Waals surface area contributed by atoms with Crippen LogP contribution in [0.1, 0.15) is 56.7 Å². The summed E-state index contributed by atoms with van der Waals surface area (Å²) in [4.78, 5) is 39.4. The van der Waals surface area contributed by atoms with Crippen molar-refractivity contribution in [3.8, 4) is 0 Å². The monoisotopic (exact) mass is 632 g/mol. The van der Waals surface area contributed by atoms with E-state index < -0.39 is 34.5 Å². The normalized spacial score (nSPS) is 13.6. The van der Waals surface area contributed by atoms with Gasteiger partial charge in [0, 0.05) is 30.1 Å². The van der Waals surface area contributed by atoms with Gasteiger partial charge in [-0.1, -0.05) is 29.8 Å². The maximum atomic E-state index is 13.3. The highest BCUT2D eigenvalue weighted by molar-refractivity contribution is 7.99. The first kappa shape index (κ1) is 31.9. The number of carboxylic acids is 1. The first-order valence-electron chi connectivity index (χ1n) is 13.3. The number of carbonyl (C=O) groups is 3. The number of thioether (sulfide) groups is 1. The van der Waals surface area contributed by atoms with E-state index in [2.05, 4.69) is 20.7 Å². The molecule has 0 aromatic heterocycles. The van der Waals surface area contributed by atoms with Crippen molar-refractivity contribution in [2.75, 3.05) is 29.1 Å².